The fourth-order valence-corrected chi connectivity index (χ4v) is 6.26. The van der Waals surface area contributed by atoms with Crippen molar-refractivity contribution in [2.24, 2.45) is 5.92 Å². The van der Waals surface area contributed by atoms with Gasteiger partial charge in [0.1, 0.15) is 12.1 Å². The fourth-order valence-electron chi connectivity index (χ4n) is 4.38. The molecule has 0 saturated heterocycles. The van der Waals surface area contributed by atoms with Crippen molar-refractivity contribution >= 4 is 45.1 Å². The van der Waals surface area contributed by atoms with Crippen LogP contribution in [0.4, 0.5) is 8.78 Å². The van der Waals surface area contributed by atoms with Crippen molar-refractivity contribution in [1.29, 1.82) is 0 Å². The zero-order valence-corrected chi connectivity index (χ0v) is 27.8. The summed E-state index contributed by atoms with van der Waals surface area (Å²) in [6.07, 6.45) is 3.45. The molecule has 1 heterocycles. The van der Waals surface area contributed by atoms with Gasteiger partial charge in [-0.25, -0.2) is 8.42 Å². The van der Waals surface area contributed by atoms with Crippen LogP contribution < -0.4 is 9.47 Å². The Hall–Kier alpha value is -3.52. The zero-order chi connectivity index (χ0) is 33.8. The van der Waals surface area contributed by atoms with Crippen LogP contribution in [-0.4, -0.2) is 74.9 Å². The van der Waals surface area contributed by atoms with Gasteiger partial charge in [-0.3, -0.25) is 14.6 Å². The Balaban J connectivity index is 1.64. The molecule has 15 heteroatoms. The molecule has 0 bridgehead atoms. The Morgan fingerprint density at radius 2 is 1.70 bits per heavy atom. The van der Waals surface area contributed by atoms with E-state index in [9.17, 15) is 26.8 Å². The van der Waals surface area contributed by atoms with Crippen LogP contribution in [0.2, 0.25) is 10.0 Å². The van der Waals surface area contributed by atoms with E-state index in [0.29, 0.717) is 17.0 Å². The summed E-state index contributed by atoms with van der Waals surface area (Å²) >= 11 is 12.7. The number of likely N-dealkylation sites (N-methyl/N-ethyl adjacent to an activating group) is 1. The topological polar surface area (TPSA) is 115 Å². The molecule has 248 valence electrons. The van der Waals surface area contributed by atoms with E-state index in [1.165, 1.54) is 87.8 Å². The molecule has 1 amide bonds. The molecular formula is C31H33Cl2F2N3O7S. The normalized spacial score (nSPS) is 14.6. The molecule has 10 nitrogen and oxygen atoms in total. The number of benzene rings is 2. The second-order valence-electron chi connectivity index (χ2n) is 11.0. The van der Waals surface area contributed by atoms with Gasteiger partial charge < -0.3 is 19.1 Å². The van der Waals surface area contributed by atoms with Gasteiger partial charge in [-0.15, -0.1) is 0 Å². The first-order chi connectivity index (χ1) is 21.7. The lowest BCUT2D eigenvalue weighted by Gasteiger charge is -2.27. The molecule has 2 aromatic carbocycles. The number of carbonyl (C=O) groups excluding carboxylic acids is 2. The van der Waals surface area contributed by atoms with Crippen LogP contribution in [0.3, 0.4) is 0 Å². The number of carbonyl (C=O) groups is 2. The lowest BCUT2D eigenvalue weighted by atomic mass is 10.0. The third kappa shape index (κ3) is 8.64. The molecule has 2 atom stereocenters. The molecule has 0 aliphatic heterocycles. The Labute approximate surface area is 276 Å². The molecule has 0 unspecified atom stereocenters. The molecule has 1 saturated carbocycles. The van der Waals surface area contributed by atoms with Gasteiger partial charge in [0.05, 0.1) is 21.5 Å². The molecule has 0 spiro atoms. The summed E-state index contributed by atoms with van der Waals surface area (Å²) in [5.74, 6) is -1.19. The van der Waals surface area contributed by atoms with Gasteiger partial charge in [0.15, 0.2) is 11.5 Å². The van der Waals surface area contributed by atoms with Crippen LogP contribution in [0, 0.1) is 5.92 Å². The van der Waals surface area contributed by atoms with E-state index in [1.54, 1.807) is 0 Å². The van der Waals surface area contributed by atoms with Crippen LogP contribution in [0.5, 0.6) is 11.5 Å². The Morgan fingerprint density at radius 1 is 1.02 bits per heavy atom. The molecular weight excluding hydrogens is 667 g/mol. The third-order valence-corrected chi connectivity index (χ3v) is 9.95. The van der Waals surface area contributed by atoms with Gasteiger partial charge >= 0.3 is 12.6 Å². The van der Waals surface area contributed by atoms with E-state index < -0.39 is 40.7 Å². The first-order valence-electron chi connectivity index (χ1n) is 14.2. The predicted molar refractivity (Wildman–Crippen MR) is 167 cm³/mol. The standard InChI is InChI=1S/C31H33Cl2F2N3O7S/c1-18(38(4)46(41,42)22-7-5-6-21(12-22)29(39)37(2)3)30(40)44-27(14-23-24(32)15-36-16-25(23)33)20-10-11-26(45-31(34)35)28(13-20)43-17-19-8-9-19/h5-7,10-13,15-16,18-19,27,31H,8-9,14,17H2,1-4H3/t18-,27+/m0/s1. The highest BCUT2D eigenvalue weighted by Crippen LogP contribution is 2.38. The van der Waals surface area contributed by atoms with Crippen molar-refractivity contribution in [2.45, 2.75) is 49.8 Å². The number of esters is 1. The van der Waals surface area contributed by atoms with E-state index in [4.69, 9.17) is 32.7 Å². The number of aromatic nitrogens is 1. The summed E-state index contributed by atoms with van der Waals surface area (Å²) in [5.41, 5.74) is 0.873. The SMILES string of the molecule is C[C@@H](C(=O)O[C@H](Cc1c(Cl)cncc1Cl)c1ccc(OC(F)F)c(OCC2CC2)c1)N(C)S(=O)(=O)c1cccc(C(=O)N(C)C)c1. The van der Waals surface area contributed by atoms with E-state index in [0.717, 1.165) is 17.1 Å². The van der Waals surface area contributed by atoms with Gasteiger partial charge in [-0.2, -0.15) is 13.1 Å². The van der Waals surface area contributed by atoms with Gasteiger partial charge in [0, 0.05) is 45.5 Å². The second-order valence-corrected chi connectivity index (χ2v) is 13.8. The van der Waals surface area contributed by atoms with E-state index >= 15 is 0 Å². The maximum absolute atomic E-state index is 13.6. The largest absolute Gasteiger partial charge is 0.489 e. The van der Waals surface area contributed by atoms with E-state index in [1.807, 2.05) is 0 Å². The van der Waals surface area contributed by atoms with Crippen molar-refractivity contribution in [3.63, 3.8) is 0 Å². The Kier molecular flexibility index (Phi) is 11.5. The molecule has 4 rings (SSSR count). The summed E-state index contributed by atoms with van der Waals surface area (Å²) in [6, 6.07) is 8.27. The summed E-state index contributed by atoms with van der Waals surface area (Å²) in [4.78, 5) is 31.1. The number of rotatable bonds is 14. The highest BCUT2D eigenvalue weighted by atomic mass is 35.5. The lowest BCUT2D eigenvalue weighted by Crippen LogP contribution is -2.41. The molecule has 1 aliphatic carbocycles. The first-order valence-corrected chi connectivity index (χ1v) is 16.4. The number of pyridine rings is 1. The monoisotopic (exact) mass is 699 g/mol. The zero-order valence-electron chi connectivity index (χ0n) is 25.5. The number of hydrogen-bond acceptors (Lipinski definition) is 8. The maximum Gasteiger partial charge on any atom is 0.387 e. The first kappa shape index (κ1) is 35.3. The summed E-state index contributed by atoms with van der Waals surface area (Å²) in [7, 11) is 0.0278. The highest BCUT2D eigenvalue weighted by molar-refractivity contribution is 7.89. The molecule has 0 N–H and O–H groups in total. The molecule has 3 aromatic rings. The van der Waals surface area contributed by atoms with Crippen molar-refractivity contribution < 1.29 is 41.0 Å². The highest BCUT2D eigenvalue weighted by Gasteiger charge is 2.34. The van der Waals surface area contributed by atoms with Crippen LogP contribution in [0.15, 0.2) is 59.8 Å². The quantitative estimate of drug-likeness (QED) is 0.188. The minimum atomic E-state index is -4.27. The second kappa shape index (κ2) is 14.9. The average molecular weight is 701 g/mol. The smallest absolute Gasteiger partial charge is 0.387 e. The third-order valence-electron chi connectivity index (χ3n) is 7.38. The maximum atomic E-state index is 13.6. The molecule has 46 heavy (non-hydrogen) atoms. The number of halogens is 4. The number of nitrogens with zero attached hydrogens (tertiary/aromatic N) is 3. The molecule has 1 aliphatic rings. The van der Waals surface area contributed by atoms with Crippen molar-refractivity contribution in [2.75, 3.05) is 27.7 Å². The van der Waals surface area contributed by atoms with E-state index in [-0.39, 0.29) is 45.0 Å². The fraction of sp³-hybridized carbons (Fsp3) is 0.387. The van der Waals surface area contributed by atoms with Crippen LogP contribution in [0.25, 0.3) is 0 Å². The average Bonchev–Trinajstić information content (AvgIpc) is 3.85. The van der Waals surface area contributed by atoms with Gasteiger partial charge in [-0.05, 0) is 67.1 Å². The lowest BCUT2D eigenvalue weighted by molar-refractivity contribution is -0.153. The van der Waals surface area contributed by atoms with Crippen LogP contribution >= 0.6 is 23.2 Å². The minimum absolute atomic E-state index is 0.0255. The van der Waals surface area contributed by atoms with Crippen molar-refractivity contribution in [3.8, 4) is 11.5 Å². The number of alkyl halides is 2. The number of sulfonamides is 1. The van der Waals surface area contributed by atoms with Gasteiger partial charge in [0.25, 0.3) is 5.91 Å². The van der Waals surface area contributed by atoms with Crippen molar-refractivity contribution in [3.05, 3.63) is 81.6 Å². The summed E-state index contributed by atoms with van der Waals surface area (Å²) < 4.78 is 70.5. The predicted octanol–water partition coefficient (Wildman–Crippen LogP) is 6.02. The Bertz CT molecular complexity index is 1670. The Morgan fingerprint density at radius 3 is 2.30 bits per heavy atom. The van der Waals surface area contributed by atoms with E-state index in [2.05, 4.69) is 9.72 Å². The molecule has 1 aromatic heterocycles. The van der Waals surface area contributed by atoms with Crippen LogP contribution in [0.1, 0.15) is 47.4 Å². The van der Waals surface area contributed by atoms with Crippen molar-refractivity contribution in [1.82, 2.24) is 14.2 Å². The van der Waals surface area contributed by atoms with Crippen LogP contribution in [-0.2, 0) is 26.0 Å². The number of hydrogen-bond donors (Lipinski definition) is 0. The van der Waals surface area contributed by atoms with Gasteiger partial charge in [0.2, 0.25) is 10.0 Å². The molecule has 1 fully saturated rings. The molecule has 0 radical (unpaired) electrons. The summed E-state index contributed by atoms with van der Waals surface area (Å²) in [6.45, 7) is -1.46. The number of amides is 1. The minimum Gasteiger partial charge on any atom is -0.489 e. The number of ether oxygens (including phenoxy) is 3. The van der Waals surface area contributed by atoms with Gasteiger partial charge in [-0.1, -0.05) is 35.3 Å². The summed E-state index contributed by atoms with van der Waals surface area (Å²) in [5, 5.41) is 0.382.